The average molecular weight is 486 g/mol. The van der Waals surface area contributed by atoms with E-state index >= 15 is 0 Å². The van der Waals surface area contributed by atoms with Gasteiger partial charge in [-0.3, -0.25) is 0 Å². The Morgan fingerprint density at radius 3 is 2.00 bits per heavy atom. The summed E-state index contributed by atoms with van der Waals surface area (Å²) >= 11 is -2.27. The maximum absolute atomic E-state index is 12.6. The molecule has 1 heterocycles. The maximum atomic E-state index is 12.6. The van der Waals surface area contributed by atoms with Crippen molar-refractivity contribution in [2.24, 2.45) is 0 Å². The van der Waals surface area contributed by atoms with E-state index in [-0.39, 0.29) is 12.1 Å². The summed E-state index contributed by atoms with van der Waals surface area (Å²) in [6, 6.07) is 0.251. The number of carbonyl (C=O) groups is 1. The fourth-order valence-corrected chi connectivity index (χ4v) is 18.5. The zero-order chi connectivity index (χ0) is 20.3. The Morgan fingerprint density at radius 2 is 1.56 bits per heavy atom. The van der Waals surface area contributed by atoms with Crippen LogP contribution in [0.2, 0.25) is 13.3 Å². The Morgan fingerprint density at radius 1 is 1.04 bits per heavy atom. The number of amides is 1. The number of nitrogens with zero attached hydrogens (tertiary/aromatic N) is 1. The van der Waals surface area contributed by atoms with E-state index in [1.165, 1.54) is 51.8 Å². The second-order valence-corrected chi connectivity index (χ2v) is 22.4. The molecule has 0 aromatic carbocycles. The molecule has 1 fully saturated rings. The van der Waals surface area contributed by atoms with Gasteiger partial charge < -0.3 is 0 Å². The quantitative estimate of drug-likeness (QED) is 0.286. The summed E-state index contributed by atoms with van der Waals surface area (Å²) in [5.41, 5.74) is -0.416. The zero-order valence-corrected chi connectivity index (χ0v) is 21.8. The number of hydrogen-bond acceptors (Lipinski definition) is 2. The minimum absolute atomic E-state index is 0.133. The van der Waals surface area contributed by atoms with Gasteiger partial charge in [0.05, 0.1) is 0 Å². The van der Waals surface area contributed by atoms with E-state index in [9.17, 15) is 4.79 Å². The van der Waals surface area contributed by atoms with Gasteiger partial charge in [0.15, 0.2) is 0 Å². The van der Waals surface area contributed by atoms with Crippen LogP contribution < -0.4 is 0 Å². The first kappa shape index (κ1) is 24.8. The summed E-state index contributed by atoms with van der Waals surface area (Å²) in [5, 5.41) is 0. The van der Waals surface area contributed by atoms with Crippen LogP contribution in [0, 0.1) is 0 Å². The molecule has 0 N–H and O–H groups in total. The third-order valence-electron chi connectivity index (χ3n) is 5.68. The molecule has 1 rings (SSSR count). The predicted octanol–water partition coefficient (Wildman–Crippen LogP) is 7.33. The van der Waals surface area contributed by atoms with Gasteiger partial charge in [0.2, 0.25) is 0 Å². The predicted molar refractivity (Wildman–Crippen MR) is 120 cm³/mol. The minimum atomic E-state index is -2.27. The van der Waals surface area contributed by atoms with Crippen LogP contribution in [0.15, 0.2) is 10.2 Å². The fourth-order valence-electron chi connectivity index (χ4n) is 4.07. The zero-order valence-electron chi connectivity index (χ0n) is 19.0. The Bertz CT molecular complexity index is 434. The second kappa shape index (κ2) is 12.4. The molecule has 0 aliphatic carbocycles. The van der Waals surface area contributed by atoms with Gasteiger partial charge in [0.1, 0.15) is 0 Å². The molecule has 1 aliphatic heterocycles. The van der Waals surface area contributed by atoms with Gasteiger partial charge in [-0.1, -0.05) is 0 Å². The van der Waals surface area contributed by atoms with Crippen molar-refractivity contribution in [1.29, 1.82) is 0 Å². The molecule has 1 saturated heterocycles. The first-order chi connectivity index (χ1) is 12.8. The molecule has 0 aromatic heterocycles. The van der Waals surface area contributed by atoms with Crippen molar-refractivity contribution < 1.29 is 9.53 Å². The Kier molecular flexibility index (Phi) is 11.4. The molecule has 0 saturated carbocycles. The van der Waals surface area contributed by atoms with Crippen LogP contribution in [0.5, 0.6) is 0 Å². The summed E-state index contributed by atoms with van der Waals surface area (Å²) in [6.07, 6.45) is 12.5. The third kappa shape index (κ3) is 9.23. The Balaban J connectivity index is 2.91. The van der Waals surface area contributed by atoms with Crippen LogP contribution in [0.25, 0.3) is 0 Å². The molecule has 0 aromatic rings. The average Bonchev–Trinajstić information content (AvgIpc) is 3.08. The standard InChI is InChI=1S/C11H18NO2.3C4H9.Sn/c1-5-9-7-6-8-12(9)10(13)14-11(2,3)4;3*1-3-4-2;/h1,5,9H,6-8H2,2-4H3;3*1,3-4H2,2H3;/t9-;;;;/m1..../s1. The SMILES string of the molecule is CCC[CH2][Sn](/[CH]=C\[C@@H]1CCCN1C(=O)OC(C)(C)C)([CH2]CCC)[CH2]CCC. The molecule has 0 bridgehead atoms. The van der Waals surface area contributed by atoms with E-state index in [4.69, 9.17) is 4.74 Å². The van der Waals surface area contributed by atoms with Gasteiger partial charge in [0, 0.05) is 0 Å². The molecule has 4 heteroatoms. The molecule has 27 heavy (non-hydrogen) atoms. The molecular formula is C23H45NO2Sn. The number of hydrogen-bond donors (Lipinski definition) is 0. The van der Waals surface area contributed by atoms with Crippen molar-refractivity contribution in [2.45, 2.75) is 118 Å². The summed E-state index contributed by atoms with van der Waals surface area (Å²) in [5.74, 6) is 0. The van der Waals surface area contributed by atoms with Crippen LogP contribution in [-0.2, 0) is 4.74 Å². The van der Waals surface area contributed by atoms with Gasteiger partial charge in [-0.15, -0.1) is 0 Å². The van der Waals surface area contributed by atoms with Gasteiger partial charge in [-0.2, -0.15) is 0 Å². The number of unbranched alkanes of at least 4 members (excludes halogenated alkanes) is 3. The topological polar surface area (TPSA) is 29.5 Å². The molecule has 0 spiro atoms. The first-order valence-corrected chi connectivity index (χ1v) is 19.2. The fraction of sp³-hybridized carbons (Fsp3) is 0.870. The Hall–Kier alpha value is -0.191. The van der Waals surface area contributed by atoms with E-state index in [0.717, 1.165) is 19.4 Å². The van der Waals surface area contributed by atoms with Crippen molar-refractivity contribution in [3.05, 3.63) is 10.2 Å². The molecule has 1 aliphatic rings. The van der Waals surface area contributed by atoms with Crippen molar-refractivity contribution in [3.63, 3.8) is 0 Å². The van der Waals surface area contributed by atoms with E-state index in [1.807, 2.05) is 25.7 Å². The normalized spacial score (nSPS) is 18.4. The van der Waals surface area contributed by atoms with E-state index in [2.05, 4.69) is 30.9 Å². The molecule has 1 amide bonds. The summed E-state index contributed by atoms with van der Waals surface area (Å²) in [4.78, 5) is 14.6. The monoisotopic (exact) mass is 487 g/mol. The van der Waals surface area contributed by atoms with E-state index in [0.29, 0.717) is 0 Å². The first-order valence-electron chi connectivity index (χ1n) is 11.5. The van der Waals surface area contributed by atoms with Gasteiger partial charge >= 0.3 is 173 Å². The molecule has 1 atom stereocenters. The van der Waals surface area contributed by atoms with E-state index < -0.39 is 24.0 Å². The number of likely N-dealkylation sites (tertiary alicyclic amines) is 1. The molecule has 0 unspecified atom stereocenters. The second-order valence-electron chi connectivity index (χ2n) is 9.42. The van der Waals surface area contributed by atoms with Gasteiger partial charge in [-0.25, -0.2) is 0 Å². The third-order valence-corrected chi connectivity index (χ3v) is 19.8. The summed E-state index contributed by atoms with van der Waals surface area (Å²) in [6.45, 7) is 13.7. The summed E-state index contributed by atoms with van der Waals surface area (Å²) in [7, 11) is 0. The Labute approximate surface area is 173 Å². The van der Waals surface area contributed by atoms with Crippen molar-refractivity contribution in [2.75, 3.05) is 6.54 Å². The van der Waals surface area contributed by atoms with E-state index in [1.54, 1.807) is 0 Å². The number of rotatable bonds is 11. The van der Waals surface area contributed by atoms with Crippen LogP contribution in [-0.4, -0.2) is 47.6 Å². The summed E-state index contributed by atoms with van der Waals surface area (Å²) < 4.78 is 12.8. The van der Waals surface area contributed by atoms with Crippen LogP contribution >= 0.6 is 0 Å². The molecule has 158 valence electrons. The molecule has 3 nitrogen and oxygen atoms in total. The van der Waals surface area contributed by atoms with Crippen LogP contribution in [0.1, 0.15) is 92.9 Å². The van der Waals surface area contributed by atoms with Crippen molar-refractivity contribution in [3.8, 4) is 0 Å². The van der Waals surface area contributed by atoms with Crippen molar-refractivity contribution >= 4 is 24.5 Å². The number of carbonyl (C=O) groups excluding carboxylic acids is 1. The van der Waals surface area contributed by atoms with Crippen LogP contribution in [0.3, 0.4) is 0 Å². The van der Waals surface area contributed by atoms with Gasteiger partial charge in [-0.05, 0) is 0 Å². The number of ether oxygens (including phenoxy) is 1. The molecular weight excluding hydrogens is 441 g/mol. The van der Waals surface area contributed by atoms with Crippen molar-refractivity contribution in [1.82, 2.24) is 4.90 Å². The molecule has 0 radical (unpaired) electrons. The van der Waals surface area contributed by atoms with Gasteiger partial charge in [0.25, 0.3) is 0 Å². The van der Waals surface area contributed by atoms with Crippen LogP contribution in [0.4, 0.5) is 4.79 Å².